The van der Waals surface area contributed by atoms with Crippen LogP contribution in [0, 0.1) is 11.6 Å². The molecule has 0 aromatic heterocycles. The maximum Gasteiger partial charge on any atom is 0.340 e. The third kappa shape index (κ3) is 4.45. The topological polar surface area (TPSA) is 41.6 Å². The van der Waals surface area contributed by atoms with Gasteiger partial charge >= 0.3 is 5.97 Å². The van der Waals surface area contributed by atoms with E-state index in [1.54, 1.807) is 0 Å². The first kappa shape index (κ1) is 16.4. The van der Waals surface area contributed by atoms with Crippen molar-refractivity contribution in [1.29, 1.82) is 0 Å². The van der Waals surface area contributed by atoms with Crippen molar-refractivity contribution in [2.24, 2.45) is 0 Å². The third-order valence-corrected chi connectivity index (χ3v) is 2.84. The zero-order chi connectivity index (χ0) is 15.1. The first-order chi connectivity index (χ1) is 9.47. The molecule has 0 radical (unpaired) electrons. The molecule has 4 nitrogen and oxygen atoms in total. The van der Waals surface area contributed by atoms with Crippen LogP contribution < -0.4 is 5.32 Å². The van der Waals surface area contributed by atoms with Gasteiger partial charge in [0, 0.05) is 6.54 Å². The van der Waals surface area contributed by atoms with Crippen molar-refractivity contribution in [3.05, 3.63) is 29.3 Å². The molecular formula is C14H20F2N2O2. The molecule has 1 N–H and O–H groups in total. The summed E-state index contributed by atoms with van der Waals surface area (Å²) >= 11 is 0. The predicted molar refractivity (Wildman–Crippen MR) is 74.0 cm³/mol. The molecule has 112 valence electrons. The van der Waals surface area contributed by atoms with E-state index < -0.39 is 23.2 Å². The summed E-state index contributed by atoms with van der Waals surface area (Å²) in [7, 11) is 5.08. The van der Waals surface area contributed by atoms with Gasteiger partial charge in [0.2, 0.25) is 0 Å². The van der Waals surface area contributed by atoms with Gasteiger partial charge in [-0.15, -0.1) is 0 Å². The summed E-state index contributed by atoms with van der Waals surface area (Å²) in [6.07, 6.45) is 1.81. The fourth-order valence-corrected chi connectivity index (χ4v) is 1.73. The molecule has 0 aliphatic carbocycles. The summed E-state index contributed by atoms with van der Waals surface area (Å²) in [5.41, 5.74) is -0.344. The van der Waals surface area contributed by atoms with E-state index in [9.17, 15) is 13.6 Å². The smallest absolute Gasteiger partial charge is 0.340 e. The summed E-state index contributed by atoms with van der Waals surface area (Å²) in [5.74, 6) is -3.13. The Morgan fingerprint density at radius 2 is 1.95 bits per heavy atom. The first-order valence-electron chi connectivity index (χ1n) is 6.42. The van der Waals surface area contributed by atoms with Crippen molar-refractivity contribution in [3.8, 4) is 0 Å². The molecular weight excluding hydrogens is 266 g/mol. The maximum atomic E-state index is 13.7. The normalized spacial score (nSPS) is 10.7. The summed E-state index contributed by atoms with van der Waals surface area (Å²) in [4.78, 5) is 13.3. The minimum absolute atomic E-state index is 0.0556. The van der Waals surface area contributed by atoms with Crippen molar-refractivity contribution >= 4 is 11.7 Å². The quantitative estimate of drug-likeness (QED) is 0.618. The summed E-state index contributed by atoms with van der Waals surface area (Å²) < 4.78 is 31.8. The lowest BCUT2D eigenvalue weighted by Crippen LogP contribution is -2.14. The van der Waals surface area contributed by atoms with E-state index in [4.69, 9.17) is 0 Å². The van der Waals surface area contributed by atoms with Crippen LogP contribution in [-0.2, 0) is 4.74 Å². The van der Waals surface area contributed by atoms with Gasteiger partial charge in [-0.25, -0.2) is 13.6 Å². The lowest BCUT2D eigenvalue weighted by molar-refractivity contribution is 0.0594. The third-order valence-electron chi connectivity index (χ3n) is 2.84. The Labute approximate surface area is 117 Å². The lowest BCUT2D eigenvalue weighted by atomic mass is 10.1. The first-order valence-corrected chi connectivity index (χ1v) is 6.42. The van der Waals surface area contributed by atoms with Crippen LogP contribution in [0.5, 0.6) is 0 Å². The number of methoxy groups -OCH3 is 1. The van der Waals surface area contributed by atoms with Gasteiger partial charge in [0.1, 0.15) is 0 Å². The van der Waals surface area contributed by atoms with Gasteiger partial charge in [-0.2, -0.15) is 0 Å². The van der Waals surface area contributed by atoms with Crippen LogP contribution in [0.4, 0.5) is 14.5 Å². The molecule has 0 aliphatic heterocycles. The number of rotatable bonds is 7. The fraction of sp³-hybridized carbons (Fsp3) is 0.500. The van der Waals surface area contributed by atoms with Crippen LogP contribution in [0.1, 0.15) is 23.2 Å². The average Bonchev–Trinajstić information content (AvgIpc) is 2.42. The number of carbonyl (C=O) groups excluding carboxylic acids is 1. The van der Waals surface area contributed by atoms with E-state index in [0.29, 0.717) is 6.54 Å². The maximum absolute atomic E-state index is 13.7. The minimum atomic E-state index is -1.19. The number of carbonyl (C=O) groups is 1. The fourth-order valence-electron chi connectivity index (χ4n) is 1.73. The number of esters is 1. The van der Waals surface area contributed by atoms with Gasteiger partial charge in [0.05, 0.1) is 18.4 Å². The second kappa shape index (κ2) is 7.79. The number of halogens is 2. The highest BCUT2D eigenvalue weighted by Gasteiger charge is 2.18. The van der Waals surface area contributed by atoms with Crippen LogP contribution in [0.3, 0.4) is 0 Å². The predicted octanol–water partition coefficient (Wildman–Crippen LogP) is 2.51. The summed E-state index contributed by atoms with van der Waals surface area (Å²) in [5, 5.41) is 2.83. The molecule has 0 unspecified atom stereocenters. The van der Waals surface area contributed by atoms with E-state index in [0.717, 1.165) is 26.5 Å². The van der Waals surface area contributed by atoms with E-state index in [-0.39, 0.29) is 5.69 Å². The number of unbranched alkanes of at least 4 members (excludes halogenated alkanes) is 1. The van der Waals surface area contributed by atoms with Gasteiger partial charge in [-0.1, -0.05) is 0 Å². The average molecular weight is 286 g/mol. The van der Waals surface area contributed by atoms with Gasteiger partial charge in [-0.3, -0.25) is 0 Å². The summed E-state index contributed by atoms with van der Waals surface area (Å²) in [6, 6.07) is 2.56. The number of anilines is 1. The minimum Gasteiger partial charge on any atom is -0.465 e. The largest absolute Gasteiger partial charge is 0.465 e. The van der Waals surface area contributed by atoms with Crippen molar-refractivity contribution in [2.45, 2.75) is 12.8 Å². The molecule has 1 rings (SSSR count). The van der Waals surface area contributed by atoms with Crippen molar-refractivity contribution in [3.63, 3.8) is 0 Å². The summed E-state index contributed by atoms with van der Waals surface area (Å²) in [6.45, 7) is 1.49. The van der Waals surface area contributed by atoms with E-state index in [2.05, 4.69) is 15.0 Å². The highest BCUT2D eigenvalue weighted by atomic mass is 19.2. The molecule has 0 fully saturated rings. The van der Waals surface area contributed by atoms with Gasteiger partial charge < -0.3 is 15.0 Å². The van der Waals surface area contributed by atoms with Crippen LogP contribution in [-0.4, -0.2) is 45.2 Å². The molecule has 0 spiro atoms. The number of nitrogens with one attached hydrogen (secondary N) is 1. The van der Waals surface area contributed by atoms with Crippen molar-refractivity contribution < 1.29 is 18.3 Å². The number of ether oxygens (including phenoxy) is 1. The zero-order valence-corrected chi connectivity index (χ0v) is 12.0. The number of benzene rings is 1. The SMILES string of the molecule is COC(=O)c1ccc(NCCCCN(C)C)c(F)c1F. The van der Waals surface area contributed by atoms with Gasteiger partial charge in [0.25, 0.3) is 0 Å². The standard InChI is InChI=1S/C14H20F2N2O2/c1-18(2)9-5-4-8-17-11-7-6-10(14(19)20-3)12(15)13(11)16/h6-7,17H,4-5,8-9H2,1-3H3. The Morgan fingerprint density at radius 1 is 1.25 bits per heavy atom. The van der Waals surface area contributed by atoms with Crippen molar-refractivity contribution in [2.75, 3.05) is 39.6 Å². The Bertz CT molecular complexity index is 465. The molecule has 20 heavy (non-hydrogen) atoms. The van der Waals surface area contributed by atoms with Gasteiger partial charge in [0.15, 0.2) is 11.6 Å². The molecule has 1 aromatic rings. The Hall–Kier alpha value is -1.69. The molecule has 0 aliphatic rings. The Kier molecular flexibility index (Phi) is 6.38. The van der Waals surface area contributed by atoms with Crippen LogP contribution in [0.25, 0.3) is 0 Å². The second-order valence-corrected chi connectivity index (χ2v) is 4.72. The number of hydrogen-bond donors (Lipinski definition) is 1. The molecule has 0 amide bonds. The van der Waals surface area contributed by atoms with Gasteiger partial charge in [-0.05, 0) is 45.6 Å². The highest BCUT2D eigenvalue weighted by Crippen LogP contribution is 2.21. The number of nitrogens with zero attached hydrogens (tertiary/aromatic N) is 1. The Balaban J connectivity index is 2.60. The van der Waals surface area contributed by atoms with E-state index in [1.165, 1.54) is 12.1 Å². The molecule has 0 heterocycles. The monoisotopic (exact) mass is 286 g/mol. The van der Waals surface area contributed by atoms with Crippen LogP contribution in [0.15, 0.2) is 12.1 Å². The zero-order valence-electron chi connectivity index (χ0n) is 12.0. The number of hydrogen-bond acceptors (Lipinski definition) is 4. The van der Waals surface area contributed by atoms with Crippen LogP contribution in [0.2, 0.25) is 0 Å². The molecule has 6 heteroatoms. The van der Waals surface area contributed by atoms with Crippen molar-refractivity contribution in [1.82, 2.24) is 4.90 Å². The highest BCUT2D eigenvalue weighted by molar-refractivity contribution is 5.90. The molecule has 0 saturated carbocycles. The van der Waals surface area contributed by atoms with E-state index >= 15 is 0 Å². The molecule has 0 atom stereocenters. The Morgan fingerprint density at radius 3 is 2.55 bits per heavy atom. The molecule has 1 aromatic carbocycles. The second-order valence-electron chi connectivity index (χ2n) is 4.72. The molecule has 0 saturated heterocycles. The molecule has 0 bridgehead atoms. The van der Waals surface area contributed by atoms with Crippen LogP contribution >= 0.6 is 0 Å². The lowest BCUT2D eigenvalue weighted by Gasteiger charge is -2.11. The van der Waals surface area contributed by atoms with E-state index in [1.807, 2.05) is 14.1 Å².